The summed E-state index contributed by atoms with van der Waals surface area (Å²) in [5.74, 6) is -6.21. The molecule has 1 unspecified atom stereocenters. The first-order valence-electron chi connectivity index (χ1n) is 9.83. The molecule has 33 heavy (non-hydrogen) atoms. The van der Waals surface area contributed by atoms with E-state index in [1.54, 1.807) is 27.7 Å². The minimum atomic E-state index is -5.73. The molecule has 2 heterocycles. The zero-order valence-electron chi connectivity index (χ0n) is 18.3. The number of pyridine rings is 2. The van der Waals surface area contributed by atoms with E-state index in [9.17, 15) is 31.5 Å². The summed E-state index contributed by atoms with van der Waals surface area (Å²) in [4.78, 5) is 32.4. The lowest BCUT2D eigenvalue weighted by atomic mass is 10.1. The number of aryl methyl sites for hydroxylation is 1. The summed E-state index contributed by atoms with van der Waals surface area (Å²) < 4.78 is 66.9. The topological polar surface area (TPSA) is 93.2 Å². The van der Waals surface area contributed by atoms with Crippen LogP contribution in [-0.4, -0.2) is 40.5 Å². The van der Waals surface area contributed by atoms with Gasteiger partial charge in [0.25, 0.3) is 5.91 Å². The smallest absolute Gasteiger partial charge is 0.456 e. The molecular formula is C21H23F5N4O3. The van der Waals surface area contributed by atoms with Crippen LogP contribution in [0.3, 0.4) is 0 Å². The summed E-state index contributed by atoms with van der Waals surface area (Å²) in [6.45, 7) is 4.82. The molecule has 0 radical (unpaired) electrons. The summed E-state index contributed by atoms with van der Waals surface area (Å²) in [6, 6.07) is 4.87. The number of alkyl halides is 5. The number of halogens is 5. The van der Waals surface area contributed by atoms with Crippen LogP contribution in [0.2, 0.25) is 0 Å². The normalized spacial score (nSPS) is 12.9. The molecule has 0 aliphatic rings. The molecule has 0 bridgehead atoms. The van der Waals surface area contributed by atoms with Gasteiger partial charge in [-0.1, -0.05) is 19.9 Å². The number of carbonyl (C=O) groups is 2. The van der Waals surface area contributed by atoms with Crippen LogP contribution in [0.1, 0.15) is 48.4 Å². The second-order valence-corrected chi connectivity index (χ2v) is 7.64. The number of carbonyl (C=O) groups excluding carboxylic acids is 2. The monoisotopic (exact) mass is 474 g/mol. The molecular weight excluding hydrogens is 451 g/mol. The van der Waals surface area contributed by atoms with Gasteiger partial charge >= 0.3 is 12.1 Å². The van der Waals surface area contributed by atoms with Crippen LogP contribution in [0.25, 0.3) is 0 Å². The predicted molar refractivity (Wildman–Crippen MR) is 109 cm³/mol. The summed E-state index contributed by atoms with van der Waals surface area (Å²) in [6.07, 6.45) is -4.54. The average molecular weight is 474 g/mol. The molecule has 0 fully saturated rings. The van der Waals surface area contributed by atoms with Gasteiger partial charge in [-0.25, -0.2) is 9.97 Å². The van der Waals surface area contributed by atoms with Crippen molar-refractivity contribution >= 4 is 17.6 Å². The van der Waals surface area contributed by atoms with Crippen molar-refractivity contribution in [3.05, 3.63) is 47.3 Å². The molecule has 1 atom stereocenters. The molecule has 180 valence electrons. The van der Waals surface area contributed by atoms with Crippen LogP contribution >= 0.6 is 0 Å². The number of nitrogens with one attached hydrogen (secondary N) is 2. The Hall–Kier alpha value is -3.31. The SMILES string of the molecule is Cc1cc(C(=O)NC(C)c2ccc(OCC(F)(F)C(F)(F)F)nc2)cc(NC(=O)C(C)C)n1. The number of ether oxygens (including phenoxy) is 1. The van der Waals surface area contributed by atoms with Gasteiger partial charge in [-0.2, -0.15) is 22.0 Å². The Morgan fingerprint density at radius 1 is 1.09 bits per heavy atom. The predicted octanol–water partition coefficient (Wildman–Crippen LogP) is 4.45. The van der Waals surface area contributed by atoms with Gasteiger partial charge in [0.15, 0.2) is 6.61 Å². The Balaban J connectivity index is 2.03. The molecule has 2 aromatic heterocycles. The molecule has 0 aliphatic carbocycles. The molecule has 0 saturated heterocycles. The van der Waals surface area contributed by atoms with E-state index in [1.807, 2.05) is 0 Å². The van der Waals surface area contributed by atoms with E-state index in [0.29, 0.717) is 11.3 Å². The van der Waals surface area contributed by atoms with Crippen LogP contribution in [0.4, 0.5) is 27.8 Å². The third-order valence-corrected chi connectivity index (χ3v) is 4.41. The van der Waals surface area contributed by atoms with E-state index < -0.39 is 36.5 Å². The number of amides is 2. The lowest BCUT2D eigenvalue weighted by Crippen LogP contribution is -2.41. The van der Waals surface area contributed by atoms with Gasteiger partial charge in [0.05, 0.1) is 6.04 Å². The number of hydrogen-bond donors (Lipinski definition) is 2. The van der Waals surface area contributed by atoms with Gasteiger partial charge in [0, 0.05) is 29.4 Å². The lowest BCUT2D eigenvalue weighted by molar-refractivity contribution is -0.290. The highest BCUT2D eigenvalue weighted by atomic mass is 19.4. The average Bonchev–Trinajstić information content (AvgIpc) is 2.71. The van der Waals surface area contributed by atoms with E-state index in [1.165, 1.54) is 24.4 Å². The van der Waals surface area contributed by atoms with Crippen molar-refractivity contribution < 1.29 is 36.3 Å². The zero-order chi connectivity index (χ0) is 25.0. The number of nitrogens with zero attached hydrogens (tertiary/aromatic N) is 2. The highest BCUT2D eigenvalue weighted by molar-refractivity contribution is 5.97. The van der Waals surface area contributed by atoms with Crippen LogP contribution in [0.15, 0.2) is 30.5 Å². The minimum absolute atomic E-state index is 0.227. The fourth-order valence-corrected chi connectivity index (χ4v) is 2.48. The van der Waals surface area contributed by atoms with E-state index in [2.05, 4.69) is 25.3 Å². The van der Waals surface area contributed by atoms with Crippen LogP contribution in [0.5, 0.6) is 5.88 Å². The highest BCUT2D eigenvalue weighted by Crippen LogP contribution is 2.35. The number of hydrogen-bond acceptors (Lipinski definition) is 5. The summed E-state index contributed by atoms with van der Waals surface area (Å²) in [7, 11) is 0. The van der Waals surface area contributed by atoms with Crippen molar-refractivity contribution in [3.63, 3.8) is 0 Å². The van der Waals surface area contributed by atoms with Crippen molar-refractivity contribution in [2.45, 2.75) is 45.8 Å². The van der Waals surface area contributed by atoms with E-state index in [0.717, 1.165) is 6.07 Å². The lowest BCUT2D eigenvalue weighted by Gasteiger charge is -2.19. The van der Waals surface area contributed by atoms with Crippen LogP contribution < -0.4 is 15.4 Å². The molecule has 2 aromatic rings. The molecule has 7 nitrogen and oxygen atoms in total. The van der Waals surface area contributed by atoms with Crippen LogP contribution in [-0.2, 0) is 4.79 Å². The molecule has 0 aliphatic heterocycles. The largest absolute Gasteiger partial charge is 0.471 e. The Morgan fingerprint density at radius 2 is 1.76 bits per heavy atom. The maximum absolute atomic E-state index is 12.9. The first-order valence-corrected chi connectivity index (χ1v) is 9.83. The minimum Gasteiger partial charge on any atom is -0.471 e. The van der Waals surface area contributed by atoms with Crippen molar-refractivity contribution in [3.8, 4) is 5.88 Å². The summed E-state index contributed by atoms with van der Waals surface area (Å²) >= 11 is 0. The molecule has 2 N–H and O–H groups in total. The Morgan fingerprint density at radius 3 is 2.30 bits per heavy atom. The fourth-order valence-electron chi connectivity index (χ4n) is 2.48. The Bertz CT molecular complexity index is 994. The maximum Gasteiger partial charge on any atom is 0.456 e. The standard InChI is InChI=1S/C21H23F5N4O3/c1-11(2)18(31)30-16-8-15(7-12(3)28-16)19(32)29-13(4)14-5-6-17(27-9-14)33-10-20(22,23)21(24,25)26/h5-9,11,13H,10H2,1-4H3,(H,29,32)(H,28,30,31). The zero-order valence-corrected chi connectivity index (χ0v) is 18.3. The summed E-state index contributed by atoms with van der Waals surface area (Å²) in [5.41, 5.74) is 1.21. The summed E-state index contributed by atoms with van der Waals surface area (Å²) in [5, 5.41) is 5.33. The molecule has 0 spiro atoms. The van der Waals surface area contributed by atoms with Gasteiger partial charge in [-0.05, 0) is 31.5 Å². The quantitative estimate of drug-likeness (QED) is 0.552. The van der Waals surface area contributed by atoms with E-state index >= 15 is 0 Å². The van der Waals surface area contributed by atoms with Crippen molar-refractivity contribution in [1.82, 2.24) is 15.3 Å². The highest BCUT2D eigenvalue weighted by Gasteiger charge is 2.58. The second kappa shape index (κ2) is 10.1. The van der Waals surface area contributed by atoms with Gasteiger partial charge in [0.2, 0.25) is 11.8 Å². The van der Waals surface area contributed by atoms with Crippen molar-refractivity contribution in [1.29, 1.82) is 0 Å². The molecule has 0 aromatic carbocycles. The number of anilines is 1. The second-order valence-electron chi connectivity index (χ2n) is 7.64. The molecule has 2 amide bonds. The first-order chi connectivity index (χ1) is 15.2. The molecule has 2 rings (SSSR count). The third-order valence-electron chi connectivity index (χ3n) is 4.41. The maximum atomic E-state index is 12.9. The fraction of sp³-hybridized carbons (Fsp3) is 0.429. The Kier molecular flexibility index (Phi) is 7.93. The first kappa shape index (κ1) is 25.9. The van der Waals surface area contributed by atoms with Gasteiger partial charge in [-0.15, -0.1) is 0 Å². The van der Waals surface area contributed by atoms with E-state index in [4.69, 9.17) is 0 Å². The van der Waals surface area contributed by atoms with Gasteiger partial charge in [-0.3, -0.25) is 9.59 Å². The van der Waals surface area contributed by atoms with Crippen LogP contribution in [0, 0.1) is 12.8 Å². The number of aromatic nitrogens is 2. The van der Waals surface area contributed by atoms with Gasteiger partial charge in [0.1, 0.15) is 5.82 Å². The third kappa shape index (κ3) is 7.09. The van der Waals surface area contributed by atoms with Crippen molar-refractivity contribution in [2.24, 2.45) is 5.92 Å². The van der Waals surface area contributed by atoms with E-state index in [-0.39, 0.29) is 23.2 Å². The Labute approximate surface area is 186 Å². The van der Waals surface area contributed by atoms with Crippen molar-refractivity contribution in [2.75, 3.05) is 11.9 Å². The molecule has 12 heteroatoms. The van der Waals surface area contributed by atoms with Gasteiger partial charge < -0.3 is 15.4 Å². The number of rotatable bonds is 8. The molecule has 0 saturated carbocycles.